The molecule has 3 rings (SSSR count). The first-order valence-corrected chi connectivity index (χ1v) is 7.56. The minimum absolute atomic E-state index is 0.178. The molecule has 2 heterocycles. The smallest absolute Gasteiger partial charge is 0.147 e. The molecule has 112 valence electrons. The van der Waals surface area contributed by atoms with Gasteiger partial charge in [0.25, 0.3) is 0 Å². The lowest BCUT2D eigenvalue weighted by molar-refractivity contribution is 0.0374. The third-order valence-electron chi connectivity index (χ3n) is 3.96. The maximum atomic E-state index is 13.9. The molecule has 2 aromatic rings. The number of aryl methyl sites for hydroxylation is 1. The van der Waals surface area contributed by atoms with Gasteiger partial charge in [0.1, 0.15) is 5.82 Å². The summed E-state index contributed by atoms with van der Waals surface area (Å²) in [6, 6.07) is 11.0. The van der Waals surface area contributed by atoms with Crippen molar-refractivity contribution >= 4 is 0 Å². The Kier molecular flexibility index (Phi) is 4.68. The van der Waals surface area contributed by atoms with Crippen molar-refractivity contribution in [2.45, 2.75) is 12.8 Å². The molecular formula is C17H21FN2O. The Balaban J connectivity index is 1.62. The van der Waals surface area contributed by atoms with Gasteiger partial charge in [-0.2, -0.15) is 0 Å². The first-order valence-electron chi connectivity index (χ1n) is 7.56. The fourth-order valence-corrected chi connectivity index (χ4v) is 2.81. The number of nitrogens with zero attached hydrogens (tertiary/aromatic N) is 2. The number of hydrogen-bond donors (Lipinski definition) is 0. The fraction of sp³-hybridized carbons (Fsp3) is 0.412. The summed E-state index contributed by atoms with van der Waals surface area (Å²) < 4.78 is 21.2. The quantitative estimate of drug-likeness (QED) is 0.841. The molecule has 0 radical (unpaired) electrons. The molecule has 3 nitrogen and oxygen atoms in total. The lowest BCUT2D eigenvalue weighted by Gasteiger charge is -2.26. The van der Waals surface area contributed by atoms with Crippen molar-refractivity contribution in [3.8, 4) is 5.69 Å². The van der Waals surface area contributed by atoms with Crippen LogP contribution >= 0.6 is 0 Å². The molecule has 1 aromatic carbocycles. The summed E-state index contributed by atoms with van der Waals surface area (Å²) in [4.78, 5) is 2.43. The van der Waals surface area contributed by atoms with Crippen LogP contribution in [0.5, 0.6) is 0 Å². The normalized spacial score (nSPS) is 16.2. The zero-order chi connectivity index (χ0) is 14.5. The Morgan fingerprint density at radius 3 is 2.67 bits per heavy atom. The van der Waals surface area contributed by atoms with E-state index in [0.29, 0.717) is 5.69 Å². The van der Waals surface area contributed by atoms with Crippen molar-refractivity contribution in [3.63, 3.8) is 0 Å². The summed E-state index contributed by atoms with van der Waals surface area (Å²) in [6.07, 6.45) is 3.97. The highest BCUT2D eigenvalue weighted by Crippen LogP contribution is 2.17. The van der Waals surface area contributed by atoms with Crippen molar-refractivity contribution in [1.29, 1.82) is 0 Å². The number of aromatic nitrogens is 1. The Bertz CT molecular complexity index is 576. The van der Waals surface area contributed by atoms with Gasteiger partial charge < -0.3 is 9.30 Å². The van der Waals surface area contributed by atoms with Crippen molar-refractivity contribution < 1.29 is 9.13 Å². The van der Waals surface area contributed by atoms with Crippen LogP contribution in [0.4, 0.5) is 4.39 Å². The van der Waals surface area contributed by atoms with Gasteiger partial charge in [-0.05, 0) is 43.7 Å². The van der Waals surface area contributed by atoms with E-state index in [4.69, 9.17) is 4.74 Å². The number of ether oxygens (including phenoxy) is 1. The molecule has 0 atom stereocenters. The molecule has 0 aliphatic carbocycles. The van der Waals surface area contributed by atoms with E-state index < -0.39 is 0 Å². The Labute approximate surface area is 124 Å². The van der Waals surface area contributed by atoms with Gasteiger partial charge in [-0.3, -0.25) is 4.90 Å². The van der Waals surface area contributed by atoms with Crippen LogP contribution in [-0.4, -0.2) is 42.3 Å². The molecule has 0 bridgehead atoms. The molecule has 1 aromatic heterocycles. The van der Waals surface area contributed by atoms with Gasteiger partial charge in [0.05, 0.1) is 18.9 Å². The van der Waals surface area contributed by atoms with Gasteiger partial charge in [0.2, 0.25) is 0 Å². The van der Waals surface area contributed by atoms with Crippen LogP contribution < -0.4 is 0 Å². The molecule has 1 aliphatic rings. The lowest BCUT2D eigenvalue weighted by atomic mass is 10.2. The fourth-order valence-electron chi connectivity index (χ4n) is 2.81. The molecule has 1 aliphatic heterocycles. The average Bonchev–Trinajstić information content (AvgIpc) is 2.97. The summed E-state index contributed by atoms with van der Waals surface area (Å²) in [7, 11) is 0. The van der Waals surface area contributed by atoms with E-state index in [-0.39, 0.29) is 5.82 Å². The summed E-state index contributed by atoms with van der Waals surface area (Å²) in [5.41, 5.74) is 1.79. The van der Waals surface area contributed by atoms with Crippen molar-refractivity contribution in [2.75, 3.05) is 32.8 Å². The molecule has 0 amide bonds. The number of para-hydroxylation sites is 1. The van der Waals surface area contributed by atoms with Crippen molar-refractivity contribution in [1.82, 2.24) is 9.47 Å². The van der Waals surface area contributed by atoms with Gasteiger partial charge in [-0.25, -0.2) is 4.39 Å². The molecule has 1 fully saturated rings. The lowest BCUT2D eigenvalue weighted by Crippen LogP contribution is -2.37. The Hall–Kier alpha value is -1.65. The second kappa shape index (κ2) is 6.87. The van der Waals surface area contributed by atoms with E-state index >= 15 is 0 Å². The summed E-state index contributed by atoms with van der Waals surface area (Å²) in [6.45, 7) is 4.80. The third-order valence-corrected chi connectivity index (χ3v) is 3.96. The van der Waals surface area contributed by atoms with Crippen LogP contribution in [-0.2, 0) is 11.2 Å². The monoisotopic (exact) mass is 288 g/mol. The predicted octanol–water partition coefficient (Wildman–Crippen LogP) is 2.88. The predicted molar refractivity (Wildman–Crippen MR) is 81.3 cm³/mol. The van der Waals surface area contributed by atoms with E-state index in [1.54, 1.807) is 6.07 Å². The molecule has 21 heavy (non-hydrogen) atoms. The number of rotatable bonds is 5. The zero-order valence-electron chi connectivity index (χ0n) is 12.2. The second-order valence-corrected chi connectivity index (χ2v) is 5.38. The molecule has 0 spiro atoms. The third kappa shape index (κ3) is 3.52. The number of halogens is 1. The van der Waals surface area contributed by atoms with Crippen molar-refractivity contribution in [3.05, 3.63) is 54.1 Å². The Morgan fingerprint density at radius 2 is 1.86 bits per heavy atom. The van der Waals surface area contributed by atoms with E-state index in [1.165, 1.54) is 6.07 Å². The van der Waals surface area contributed by atoms with Crippen LogP contribution in [0.2, 0.25) is 0 Å². The van der Waals surface area contributed by atoms with Crippen LogP contribution in [0.25, 0.3) is 5.69 Å². The van der Waals surface area contributed by atoms with Crippen LogP contribution in [0.15, 0.2) is 42.6 Å². The second-order valence-electron chi connectivity index (χ2n) is 5.38. The Morgan fingerprint density at radius 1 is 1.05 bits per heavy atom. The first kappa shape index (κ1) is 14.3. The SMILES string of the molecule is Fc1ccccc1-n1cccc1CCCN1CCOCC1. The first-order chi connectivity index (χ1) is 10.3. The topological polar surface area (TPSA) is 17.4 Å². The van der Waals surface area contributed by atoms with E-state index in [2.05, 4.69) is 11.0 Å². The highest BCUT2D eigenvalue weighted by molar-refractivity contribution is 5.36. The summed E-state index contributed by atoms with van der Waals surface area (Å²) >= 11 is 0. The molecule has 0 N–H and O–H groups in total. The van der Waals surface area contributed by atoms with E-state index in [9.17, 15) is 4.39 Å². The highest BCUT2D eigenvalue weighted by Gasteiger charge is 2.11. The standard InChI is InChI=1S/C17H21FN2O/c18-16-7-1-2-8-17(16)20-10-4-6-15(20)5-3-9-19-11-13-21-14-12-19/h1-2,4,6-8,10H,3,5,9,11-14H2. The van der Waals surface area contributed by atoms with Crippen LogP contribution in [0, 0.1) is 5.82 Å². The highest BCUT2D eigenvalue weighted by atomic mass is 19.1. The molecule has 0 unspecified atom stereocenters. The molecule has 0 saturated carbocycles. The van der Waals surface area contributed by atoms with Gasteiger partial charge in [-0.1, -0.05) is 12.1 Å². The average molecular weight is 288 g/mol. The van der Waals surface area contributed by atoms with E-state index in [0.717, 1.165) is 51.4 Å². The zero-order valence-corrected chi connectivity index (χ0v) is 12.2. The van der Waals surface area contributed by atoms with Gasteiger partial charge in [0.15, 0.2) is 0 Å². The van der Waals surface area contributed by atoms with Gasteiger partial charge in [-0.15, -0.1) is 0 Å². The van der Waals surface area contributed by atoms with E-state index in [1.807, 2.05) is 29.0 Å². The minimum atomic E-state index is -0.178. The van der Waals surface area contributed by atoms with Crippen molar-refractivity contribution in [2.24, 2.45) is 0 Å². The maximum absolute atomic E-state index is 13.9. The number of benzene rings is 1. The van der Waals surface area contributed by atoms with Crippen LogP contribution in [0.3, 0.4) is 0 Å². The molecular weight excluding hydrogens is 267 g/mol. The van der Waals surface area contributed by atoms with Gasteiger partial charge >= 0.3 is 0 Å². The molecule has 1 saturated heterocycles. The van der Waals surface area contributed by atoms with Crippen LogP contribution in [0.1, 0.15) is 12.1 Å². The van der Waals surface area contributed by atoms with Gasteiger partial charge in [0, 0.05) is 25.0 Å². The molecule has 4 heteroatoms. The summed E-state index contributed by atoms with van der Waals surface area (Å²) in [5.74, 6) is -0.178. The largest absolute Gasteiger partial charge is 0.379 e. The minimum Gasteiger partial charge on any atom is -0.379 e. The maximum Gasteiger partial charge on any atom is 0.147 e. The number of morpholine rings is 1. The number of hydrogen-bond acceptors (Lipinski definition) is 2. The summed E-state index contributed by atoms with van der Waals surface area (Å²) in [5, 5.41) is 0.